The number of carbonyl (C=O) groups excluding carboxylic acids is 3. The third-order valence-corrected chi connectivity index (χ3v) is 3.81. The van der Waals surface area contributed by atoms with Crippen LogP contribution in [-0.4, -0.2) is 40.4 Å². The quantitative estimate of drug-likeness (QED) is 0.810. The lowest BCUT2D eigenvalue weighted by Crippen LogP contribution is -2.43. The minimum atomic E-state index is -1.38. The first-order valence-corrected chi connectivity index (χ1v) is 6.86. The Morgan fingerprint density at radius 2 is 1.64 bits per heavy atom. The van der Waals surface area contributed by atoms with Crippen molar-refractivity contribution < 1.29 is 19.5 Å². The van der Waals surface area contributed by atoms with Crippen LogP contribution >= 0.6 is 0 Å². The maximum absolute atomic E-state index is 12.5. The summed E-state index contributed by atoms with van der Waals surface area (Å²) in [4.78, 5) is 36.9. The van der Waals surface area contributed by atoms with E-state index in [1.807, 2.05) is 12.1 Å². The van der Waals surface area contributed by atoms with Crippen LogP contribution in [-0.2, 0) is 4.79 Å². The van der Waals surface area contributed by atoms with Gasteiger partial charge in [-0.05, 0) is 17.5 Å². The molecule has 0 spiro atoms. The summed E-state index contributed by atoms with van der Waals surface area (Å²) in [5.41, 5.74) is 5.87. The van der Waals surface area contributed by atoms with Crippen LogP contribution in [0.15, 0.2) is 36.4 Å². The molecule has 22 heavy (non-hydrogen) atoms. The van der Waals surface area contributed by atoms with E-state index in [1.54, 1.807) is 24.3 Å². The van der Waals surface area contributed by atoms with Crippen molar-refractivity contribution in [2.45, 2.75) is 12.5 Å². The minimum absolute atomic E-state index is 0.0630. The van der Waals surface area contributed by atoms with Crippen LogP contribution < -0.4 is 5.73 Å². The van der Waals surface area contributed by atoms with Crippen molar-refractivity contribution in [3.05, 3.63) is 47.5 Å². The Balaban J connectivity index is 1.99. The largest absolute Gasteiger partial charge is 0.383 e. The molecule has 0 bridgehead atoms. The molecule has 1 heterocycles. The molecule has 6 nitrogen and oxygen atoms in total. The van der Waals surface area contributed by atoms with Gasteiger partial charge in [-0.15, -0.1) is 0 Å². The summed E-state index contributed by atoms with van der Waals surface area (Å²) in [6, 6.07) is 10.5. The van der Waals surface area contributed by atoms with Crippen molar-refractivity contribution in [2.24, 2.45) is 5.73 Å². The molecular weight excluding hydrogens is 284 g/mol. The first-order chi connectivity index (χ1) is 10.5. The summed E-state index contributed by atoms with van der Waals surface area (Å²) in [7, 11) is 0. The Morgan fingerprint density at radius 3 is 2.14 bits per heavy atom. The number of rotatable bonds is 4. The number of primary amides is 1. The highest BCUT2D eigenvalue weighted by atomic mass is 16.3. The van der Waals surface area contributed by atoms with E-state index in [0.29, 0.717) is 16.5 Å². The van der Waals surface area contributed by atoms with Crippen molar-refractivity contribution in [1.82, 2.24) is 4.90 Å². The second-order valence-corrected chi connectivity index (χ2v) is 5.18. The molecule has 1 atom stereocenters. The molecule has 0 radical (unpaired) electrons. The summed E-state index contributed by atoms with van der Waals surface area (Å²) in [6.45, 7) is -0.0630. The summed E-state index contributed by atoms with van der Waals surface area (Å²) < 4.78 is 0. The molecule has 0 fully saturated rings. The zero-order valence-corrected chi connectivity index (χ0v) is 11.7. The van der Waals surface area contributed by atoms with Crippen molar-refractivity contribution in [2.75, 3.05) is 6.54 Å². The molecule has 1 unspecified atom stereocenters. The Hall–Kier alpha value is -2.73. The predicted molar refractivity (Wildman–Crippen MR) is 79.1 cm³/mol. The van der Waals surface area contributed by atoms with E-state index < -0.39 is 23.8 Å². The van der Waals surface area contributed by atoms with Gasteiger partial charge >= 0.3 is 0 Å². The van der Waals surface area contributed by atoms with E-state index in [1.165, 1.54) is 0 Å². The van der Waals surface area contributed by atoms with Crippen LogP contribution in [0, 0.1) is 0 Å². The second kappa shape index (κ2) is 5.23. The molecule has 3 N–H and O–H groups in total. The van der Waals surface area contributed by atoms with E-state index in [4.69, 9.17) is 5.73 Å². The Morgan fingerprint density at radius 1 is 1.09 bits per heavy atom. The second-order valence-electron chi connectivity index (χ2n) is 5.18. The number of aliphatic hydroxyl groups excluding tert-OH is 1. The van der Waals surface area contributed by atoms with Crippen molar-refractivity contribution in [3.8, 4) is 0 Å². The fourth-order valence-electron chi connectivity index (χ4n) is 2.68. The number of imide groups is 1. The molecular formula is C16H14N2O4. The number of aliphatic hydroxyl groups is 1. The zero-order valence-electron chi connectivity index (χ0n) is 11.7. The van der Waals surface area contributed by atoms with E-state index in [-0.39, 0.29) is 13.0 Å². The smallest absolute Gasteiger partial charge is 0.261 e. The normalized spacial score (nSPS) is 15.2. The van der Waals surface area contributed by atoms with Gasteiger partial charge in [0.05, 0.1) is 0 Å². The highest BCUT2D eigenvalue weighted by Crippen LogP contribution is 2.29. The van der Waals surface area contributed by atoms with Crippen LogP contribution in [0.4, 0.5) is 0 Å². The molecule has 3 rings (SSSR count). The van der Waals surface area contributed by atoms with E-state index in [2.05, 4.69) is 0 Å². The molecule has 2 aromatic rings. The topological polar surface area (TPSA) is 101 Å². The van der Waals surface area contributed by atoms with Gasteiger partial charge < -0.3 is 10.8 Å². The number of nitrogens with two attached hydrogens (primary N) is 1. The number of hydrogen-bond donors (Lipinski definition) is 2. The number of amides is 3. The fraction of sp³-hybridized carbons (Fsp3) is 0.188. The SMILES string of the molecule is NC(=O)C(O)CCN1C(=O)c2cccc3cccc(c23)C1=O. The third kappa shape index (κ3) is 2.14. The molecule has 112 valence electrons. The number of nitrogens with zero attached hydrogens (tertiary/aromatic N) is 1. The van der Waals surface area contributed by atoms with Gasteiger partial charge in [-0.25, -0.2) is 0 Å². The lowest BCUT2D eigenvalue weighted by atomic mass is 9.94. The van der Waals surface area contributed by atoms with Crippen molar-refractivity contribution in [3.63, 3.8) is 0 Å². The predicted octanol–water partition coefficient (Wildman–Crippen LogP) is 0.672. The third-order valence-electron chi connectivity index (χ3n) is 3.81. The van der Waals surface area contributed by atoms with E-state index >= 15 is 0 Å². The molecule has 0 aromatic heterocycles. The van der Waals surface area contributed by atoms with E-state index in [0.717, 1.165) is 10.3 Å². The highest BCUT2D eigenvalue weighted by Gasteiger charge is 2.32. The molecule has 1 aliphatic rings. The number of carbonyl (C=O) groups is 3. The fourth-order valence-corrected chi connectivity index (χ4v) is 2.68. The molecule has 2 aromatic carbocycles. The van der Waals surface area contributed by atoms with Gasteiger partial charge in [-0.3, -0.25) is 19.3 Å². The zero-order chi connectivity index (χ0) is 15.9. The van der Waals surface area contributed by atoms with Gasteiger partial charge in [0.15, 0.2) is 0 Å². The molecule has 0 aliphatic carbocycles. The first kappa shape index (κ1) is 14.2. The average Bonchev–Trinajstić information content (AvgIpc) is 2.52. The van der Waals surface area contributed by atoms with Crippen LogP contribution in [0.25, 0.3) is 10.8 Å². The van der Waals surface area contributed by atoms with Gasteiger partial charge in [-0.1, -0.05) is 24.3 Å². The Labute approximate surface area is 126 Å². The maximum Gasteiger partial charge on any atom is 0.261 e. The highest BCUT2D eigenvalue weighted by molar-refractivity contribution is 6.25. The molecule has 1 aliphatic heterocycles. The lowest BCUT2D eigenvalue weighted by molar-refractivity contribution is -0.126. The van der Waals surface area contributed by atoms with Crippen molar-refractivity contribution >= 4 is 28.5 Å². The average molecular weight is 298 g/mol. The summed E-state index contributed by atoms with van der Waals surface area (Å²) >= 11 is 0. The van der Waals surface area contributed by atoms with Crippen molar-refractivity contribution in [1.29, 1.82) is 0 Å². The summed E-state index contributed by atoms with van der Waals surface area (Å²) in [6.07, 6.45) is -1.46. The van der Waals surface area contributed by atoms with Gasteiger partial charge in [0.25, 0.3) is 11.8 Å². The standard InChI is InChI=1S/C16H14N2O4/c17-14(20)12(19)7-8-18-15(21)10-5-1-3-9-4-2-6-11(13(9)10)16(18)22/h1-6,12,19H,7-8H2,(H2,17,20). The minimum Gasteiger partial charge on any atom is -0.383 e. The monoisotopic (exact) mass is 298 g/mol. The Kier molecular flexibility index (Phi) is 3.38. The molecule has 3 amide bonds. The lowest BCUT2D eigenvalue weighted by Gasteiger charge is -2.27. The van der Waals surface area contributed by atoms with E-state index in [9.17, 15) is 19.5 Å². The Bertz CT molecular complexity index is 749. The molecule has 0 saturated carbocycles. The summed E-state index contributed by atoms with van der Waals surface area (Å²) in [5, 5.41) is 10.9. The van der Waals surface area contributed by atoms with Gasteiger partial charge in [0.2, 0.25) is 5.91 Å². The van der Waals surface area contributed by atoms with Gasteiger partial charge in [0.1, 0.15) is 6.10 Å². The molecule has 6 heteroatoms. The first-order valence-electron chi connectivity index (χ1n) is 6.86. The van der Waals surface area contributed by atoms with Crippen LogP contribution in [0.5, 0.6) is 0 Å². The maximum atomic E-state index is 12.5. The number of benzene rings is 2. The van der Waals surface area contributed by atoms with Gasteiger partial charge in [-0.2, -0.15) is 0 Å². The number of hydrogen-bond acceptors (Lipinski definition) is 4. The summed E-state index contributed by atoms with van der Waals surface area (Å²) in [5.74, 6) is -1.73. The van der Waals surface area contributed by atoms with Crippen LogP contribution in [0.3, 0.4) is 0 Å². The van der Waals surface area contributed by atoms with Gasteiger partial charge in [0, 0.05) is 29.5 Å². The molecule has 0 saturated heterocycles. The van der Waals surface area contributed by atoms with Crippen LogP contribution in [0.2, 0.25) is 0 Å². The van der Waals surface area contributed by atoms with Crippen LogP contribution in [0.1, 0.15) is 27.1 Å².